The second-order valence-corrected chi connectivity index (χ2v) is 7.18. The quantitative estimate of drug-likeness (QED) is 0.598. The van der Waals surface area contributed by atoms with E-state index in [1.165, 1.54) is 17.5 Å². The average molecular weight is 370 g/mol. The highest BCUT2D eigenvalue weighted by atomic mass is 16.4. The number of carboxylic acids is 1. The molecule has 27 heavy (non-hydrogen) atoms. The highest BCUT2D eigenvalue weighted by Gasteiger charge is 2.15. The third-order valence-corrected chi connectivity index (χ3v) is 4.72. The van der Waals surface area contributed by atoms with Crippen molar-refractivity contribution in [2.45, 2.75) is 46.7 Å². The Balaban J connectivity index is 1.80. The molecule has 0 aliphatic carbocycles. The van der Waals surface area contributed by atoms with Gasteiger partial charge in [0.1, 0.15) is 12.2 Å². The van der Waals surface area contributed by atoms with E-state index in [1.54, 1.807) is 18.6 Å². The number of nitrogens with one attached hydrogen (secondary N) is 1. The number of aromatic nitrogens is 5. The predicted octanol–water partition coefficient (Wildman–Crippen LogP) is 3.53. The molecule has 0 aliphatic heterocycles. The molecule has 0 unspecified atom stereocenters. The van der Waals surface area contributed by atoms with Crippen LogP contribution in [0.1, 0.15) is 33.6 Å². The minimum Gasteiger partial charge on any atom is -0.480 e. The molecule has 0 aromatic carbocycles. The first-order chi connectivity index (χ1) is 13.0. The van der Waals surface area contributed by atoms with Crippen LogP contribution in [0, 0.1) is 11.8 Å². The summed E-state index contributed by atoms with van der Waals surface area (Å²) < 4.78 is 3.54. The van der Waals surface area contributed by atoms with Crippen molar-refractivity contribution in [2.24, 2.45) is 11.8 Å². The second-order valence-electron chi connectivity index (χ2n) is 7.18. The summed E-state index contributed by atoms with van der Waals surface area (Å²) in [5, 5.41) is 16.9. The maximum Gasteiger partial charge on any atom is 0.325 e. The number of carbonyl (C=O) groups is 1. The summed E-state index contributed by atoms with van der Waals surface area (Å²) in [6, 6.07) is 2.04. The number of fused-ring (bicyclic) bond motifs is 1. The third-order valence-electron chi connectivity index (χ3n) is 4.72. The molecule has 0 saturated carbocycles. The van der Waals surface area contributed by atoms with Gasteiger partial charge in [0.2, 0.25) is 5.95 Å². The molecule has 0 bridgehead atoms. The lowest BCUT2D eigenvalue weighted by molar-refractivity contribution is -0.137. The summed E-state index contributed by atoms with van der Waals surface area (Å²) in [6.07, 6.45) is 9.41. The predicted molar refractivity (Wildman–Crippen MR) is 104 cm³/mol. The molecule has 0 radical (unpaired) electrons. The number of anilines is 2. The van der Waals surface area contributed by atoms with Gasteiger partial charge in [0.05, 0.1) is 11.9 Å². The topological polar surface area (TPSA) is 97.9 Å². The molecule has 0 aliphatic rings. The summed E-state index contributed by atoms with van der Waals surface area (Å²) >= 11 is 0. The van der Waals surface area contributed by atoms with Gasteiger partial charge in [0.25, 0.3) is 0 Å². The number of nitrogens with zero attached hydrogens (tertiary/aromatic N) is 5. The monoisotopic (exact) mass is 370 g/mol. The van der Waals surface area contributed by atoms with Gasteiger partial charge in [-0.3, -0.25) is 9.48 Å². The zero-order chi connectivity index (χ0) is 19.4. The van der Waals surface area contributed by atoms with Crippen LogP contribution in [0.2, 0.25) is 0 Å². The van der Waals surface area contributed by atoms with Crippen molar-refractivity contribution in [3.8, 4) is 0 Å². The Labute approximate surface area is 158 Å². The van der Waals surface area contributed by atoms with E-state index in [0.29, 0.717) is 23.5 Å². The van der Waals surface area contributed by atoms with E-state index >= 15 is 0 Å². The minimum atomic E-state index is -0.938. The van der Waals surface area contributed by atoms with E-state index in [-0.39, 0.29) is 6.54 Å². The van der Waals surface area contributed by atoms with E-state index in [9.17, 15) is 4.79 Å². The Hall–Kier alpha value is -2.90. The maximum atomic E-state index is 10.8. The van der Waals surface area contributed by atoms with Crippen LogP contribution in [-0.4, -0.2) is 35.4 Å². The van der Waals surface area contributed by atoms with Crippen LogP contribution >= 0.6 is 0 Å². The van der Waals surface area contributed by atoms with E-state index in [0.717, 1.165) is 17.6 Å². The van der Waals surface area contributed by atoms with Gasteiger partial charge in [-0.25, -0.2) is 4.98 Å². The molecule has 3 aromatic heterocycles. The van der Waals surface area contributed by atoms with Crippen LogP contribution in [-0.2, 0) is 17.9 Å². The molecule has 144 valence electrons. The highest BCUT2D eigenvalue weighted by Crippen LogP contribution is 2.23. The Kier molecular flexibility index (Phi) is 5.73. The maximum absolute atomic E-state index is 10.8. The molecule has 2 N–H and O–H groups in total. The molecule has 0 fully saturated rings. The third kappa shape index (κ3) is 4.64. The fourth-order valence-corrected chi connectivity index (χ4v) is 3.22. The van der Waals surface area contributed by atoms with Gasteiger partial charge in [0.15, 0.2) is 0 Å². The Morgan fingerprint density at radius 3 is 2.85 bits per heavy atom. The summed E-state index contributed by atoms with van der Waals surface area (Å²) in [5.41, 5.74) is 1.55. The molecule has 0 amide bonds. The van der Waals surface area contributed by atoms with Crippen molar-refractivity contribution in [3.63, 3.8) is 0 Å². The normalized spacial score (nSPS) is 12.6. The van der Waals surface area contributed by atoms with Crippen LogP contribution in [0.4, 0.5) is 11.6 Å². The van der Waals surface area contributed by atoms with E-state index in [2.05, 4.69) is 51.9 Å². The van der Waals surface area contributed by atoms with Gasteiger partial charge in [-0.2, -0.15) is 10.1 Å². The number of rotatable bonds is 9. The lowest BCUT2D eigenvalue weighted by Gasteiger charge is -2.21. The zero-order valence-electron chi connectivity index (χ0n) is 16.0. The molecule has 8 heteroatoms. The number of aliphatic carboxylic acids is 1. The molecule has 1 atom stereocenters. The van der Waals surface area contributed by atoms with E-state index < -0.39 is 5.97 Å². The van der Waals surface area contributed by atoms with Crippen LogP contribution in [0.25, 0.3) is 11.0 Å². The van der Waals surface area contributed by atoms with Crippen molar-refractivity contribution in [3.05, 3.63) is 30.9 Å². The molecule has 3 rings (SSSR count). The second kappa shape index (κ2) is 8.20. The van der Waals surface area contributed by atoms with Crippen molar-refractivity contribution in [1.82, 2.24) is 24.3 Å². The fourth-order valence-electron chi connectivity index (χ4n) is 3.22. The standard InChI is InChI=1S/C19H26N6O2/c1-4-5-15(13(2)3)10-24-7-6-14-8-20-19(23-18(14)24)22-16-9-21-25(11-16)12-17(26)27/h6-9,11,13,15H,4-5,10,12H2,1-3H3,(H,26,27)(H,20,22,23)/t15-/m1/s1. The van der Waals surface area contributed by atoms with Crippen molar-refractivity contribution in [1.29, 1.82) is 0 Å². The zero-order valence-corrected chi connectivity index (χ0v) is 16.0. The minimum absolute atomic E-state index is 0.182. The van der Waals surface area contributed by atoms with Crippen molar-refractivity contribution in [2.75, 3.05) is 5.32 Å². The van der Waals surface area contributed by atoms with Crippen LogP contribution in [0.3, 0.4) is 0 Å². The molecule has 3 aromatic rings. The Bertz CT molecular complexity index is 914. The largest absolute Gasteiger partial charge is 0.480 e. The van der Waals surface area contributed by atoms with Crippen molar-refractivity contribution >= 4 is 28.6 Å². The Morgan fingerprint density at radius 1 is 1.33 bits per heavy atom. The number of hydrogen-bond acceptors (Lipinski definition) is 5. The van der Waals surface area contributed by atoms with Crippen LogP contribution < -0.4 is 5.32 Å². The number of carboxylic acid groups (broad SMARTS) is 1. The summed E-state index contributed by atoms with van der Waals surface area (Å²) in [5.74, 6) is 0.744. The van der Waals surface area contributed by atoms with Crippen LogP contribution in [0.15, 0.2) is 30.9 Å². The SMILES string of the molecule is CCC[C@H](Cn1ccc2cnc(Nc3cnn(CC(=O)O)c3)nc21)C(C)C. The van der Waals surface area contributed by atoms with E-state index in [1.807, 2.05) is 6.07 Å². The molecule has 8 nitrogen and oxygen atoms in total. The van der Waals surface area contributed by atoms with Gasteiger partial charge in [-0.15, -0.1) is 0 Å². The van der Waals surface area contributed by atoms with E-state index in [4.69, 9.17) is 5.11 Å². The van der Waals surface area contributed by atoms with Gasteiger partial charge >= 0.3 is 5.97 Å². The highest BCUT2D eigenvalue weighted by molar-refractivity contribution is 5.76. The summed E-state index contributed by atoms with van der Waals surface area (Å²) in [4.78, 5) is 19.8. The van der Waals surface area contributed by atoms with Gasteiger partial charge < -0.3 is 15.0 Å². The van der Waals surface area contributed by atoms with Gasteiger partial charge in [-0.1, -0.05) is 27.2 Å². The first kappa shape index (κ1) is 18.9. The lowest BCUT2D eigenvalue weighted by Crippen LogP contribution is -2.16. The van der Waals surface area contributed by atoms with Gasteiger partial charge in [-0.05, 0) is 24.3 Å². The average Bonchev–Trinajstić information content (AvgIpc) is 3.21. The molecule has 3 heterocycles. The fraction of sp³-hybridized carbons (Fsp3) is 0.474. The first-order valence-electron chi connectivity index (χ1n) is 9.29. The Morgan fingerprint density at radius 2 is 2.15 bits per heavy atom. The summed E-state index contributed by atoms with van der Waals surface area (Å²) in [6.45, 7) is 7.50. The summed E-state index contributed by atoms with van der Waals surface area (Å²) in [7, 11) is 0. The van der Waals surface area contributed by atoms with Gasteiger partial charge in [0, 0.05) is 30.5 Å². The van der Waals surface area contributed by atoms with Crippen LogP contribution in [0.5, 0.6) is 0 Å². The molecule has 0 spiro atoms. The molecule has 0 saturated heterocycles. The lowest BCUT2D eigenvalue weighted by atomic mass is 9.91. The van der Waals surface area contributed by atoms with Crippen molar-refractivity contribution < 1.29 is 9.90 Å². The first-order valence-corrected chi connectivity index (χ1v) is 9.29. The number of hydrogen-bond donors (Lipinski definition) is 2. The molecular formula is C19H26N6O2. The molecular weight excluding hydrogens is 344 g/mol. The smallest absolute Gasteiger partial charge is 0.325 e.